The lowest BCUT2D eigenvalue weighted by Crippen LogP contribution is -2.33. The Balaban J connectivity index is 1.98. The molecule has 0 aliphatic carbocycles. The van der Waals surface area contributed by atoms with E-state index in [1.165, 1.54) is 17.3 Å². The highest BCUT2D eigenvalue weighted by molar-refractivity contribution is 6.99. The van der Waals surface area contributed by atoms with Gasteiger partial charge in [-0.05, 0) is 26.0 Å². The lowest BCUT2D eigenvalue weighted by Gasteiger charge is -2.29. The number of ether oxygens (including phenoxy) is 1. The molecule has 0 bridgehead atoms. The van der Waals surface area contributed by atoms with Crippen molar-refractivity contribution in [2.45, 2.75) is 39.2 Å². The van der Waals surface area contributed by atoms with E-state index in [1.807, 2.05) is 6.92 Å². The third kappa shape index (κ3) is 3.81. The van der Waals surface area contributed by atoms with Crippen molar-refractivity contribution in [1.82, 2.24) is 13.6 Å². The molecule has 1 atom stereocenters. The van der Waals surface area contributed by atoms with Crippen LogP contribution in [0, 0.1) is 11.8 Å². The maximum absolute atomic E-state index is 5.71. The molecule has 0 fully saturated rings. The van der Waals surface area contributed by atoms with Crippen LogP contribution in [0.15, 0.2) is 6.08 Å². The van der Waals surface area contributed by atoms with Gasteiger partial charge in [0.15, 0.2) is 0 Å². The lowest BCUT2D eigenvalue weighted by atomic mass is 10.0. The van der Waals surface area contributed by atoms with Gasteiger partial charge >= 0.3 is 0 Å². The normalized spacial score (nSPS) is 19.1. The quantitative estimate of drug-likeness (QED) is 0.631. The Labute approximate surface area is 125 Å². The van der Waals surface area contributed by atoms with Crippen molar-refractivity contribution >= 4 is 17.3 Å². The minimum Gasteiger partial charge on any atom is -0.474 e. The third-order valence-corrected chi connectivity index (χ3v) is 3.92. The van der Waals surface area contributed by atoms with Crippen LogP contribution in [0.1, 0.15) is 38.8 Å². The Kier molecular flexibility index (Phi) is 5.57. The maximum Gasteiger partial charge on any atom is 0.253 e. The number of rotatable bonds is 4. The van der Waals surface area contributed by atoms with Crippen molar-refractivity contribution in [2.24, 2.45) is 0 Å². The van der Waals surface area contributed by atoms with E-state index in [0.29, 0.717) is 18.5 Å². The van der Waals surface area contributed by atoms with Crippen LogP contribution in [-0.2, 0) is 0 Å². The summed E-state index contributed by atoms with van der Waals surface area (Å²) in [5.74, 6) is 6.76. The maximum atomic E-state index is 5.71. The molecule has 2 heterocycles. The zero-order valence-corrected chi connectivity index (χ0v) is 13.2. The first kappa shape index (κ1) is 15.0. The molecule has 0 saturated carbocycles. The van der Waals surface area contributed by atoms with Crippen LogP contribution in [0.4, 0.5) is 0 Å². The van der Waals surface area contributed by atoms with Crippen LogP contribution in [-0.4, -0.2) is 39.9 Å². The topological polar surface area (TPSA) is 38.3 Å². The number of hydrogen-bond acceptors (Lipinski definition) is 5. The second kappa shape index (κ2) is 7.41. The minimum absolute atomic E-state index is 0.574. The summed E-state index contributed by atoms with van der Waals surface area (Å²) in [6.45, 7) is 5.75. The molecule has 5 heteroatoms. The Morgan fingerprint density at radius 2 is 2.30 bits per heavy atom. The van der Waals surface area contributed by atoms with Crippen molar-refractivity contribution in [3.8, 4) is 17.7 Å². The molecule has 1 aromatic rings. The zero-order valence-electron chi connectivity index (χ0n) is 12.3. The smallest absolute Gasteiger partial charge is 0.253 e. The number of aromatic nitrogens is 2. The van der Waals surface area contributed by atoms with E-state index < -0.39 is 0 Å². The Bertz CT molecular complexity index is 527. The fourth-order valence-corrected chi connectivity index (χ4v) is 2.57. The van der Waals surface area contributed by atoms with Crippen molar-refractivity contribution in [3.63, 3.8) is 0 Å². The summed E-state index contributed by atoms with van der Waals surface area (Å²) in [6, 6.07) is 0.582. The fraction of sp³-hybridized carbons (Fsp3) is 0.600. The van der Waals surface area contributed by atoms with Crippen molar-refractivity contribution in [3.05, 3.63) is 11.8 Å². The summed E-state index contributed by atoms with van der Waals surface area (Å²) in [7, 11) is 2.14. The van der Waals surface area contributed by atoms with E-state index in [-0.39, 0.29) is 0 Å². The number of hydrogen-bond donors (Lipinski definition) is 0. The van der Waals surface area contributed by atoms with Gasteiger partial charge in [-0.1, -0.05) is 18.9 Å². The Morgan fingerprint density at radius 1 is 1.45 bits per heavy atom. The molecule has 0 aromatic carbocycles. The molecule has 1 aromatic heterocycles. The molecule has 1 aliphatic heterocycles. The Hall–Kier alpha value is -1.38. The summed E-state index contributed by atoms with van der Waals surface area (Å²) in [4.78, 5) is 2.32. The van der Waals surface area contributed by atoms with Crippen LogP contribution in [0.3, 0.4) is 0 Å². The highest BCUT2D eigenvalue weighted by Gasteiger charge is 2.21. The zero-order chi connectivity index (χ0) is 14.4. The van der Waals surface area contributed by atoms with Gasteiger partial charge in [-0.3, -0.25) is 4.90 Å². The van der Waals surface area contributed by atoms with Gasteiger partial charge in [-0.2, -0.15) is 4.37 Å². The summed E-state index contributed by atoms with van der Waals surface area (Å²) < 4.78 is 14.4. The molecule has 0 N–H and O–H groups in total. The largest absolute Gasteiger partial charge is 0.474 e. The first-order chi connectivity index (χ1) is 9.72. The highest BCUT2D eigenvalue weighted by Crippen LogP contribution is 2.28. The monoisotopic (exact) mass is 291 g/mol. The van der Waals surface area contributed by atoms with Crippen molar-refractivity contribution in [1.29, 1.82) is 0 Å². The molecular weight excluding hydrogens is 270 g/mol. The molecule has 1 aliphatic rings. The van der Waals surface area contributed by atoms with Gasteiger partial charge in [0, 0.05) is 25.4 Å². The molecule has 4 nitrogen and oxygen atoms in total. The second-order valence-corrected chi connectivity index (χ2v) is 5.48. The van der Waals surface area contributed by atoms with Gasteiger partial charge < -0.3 is 4.74 Å². The van der Waals surface area contributed by atoms with E-state index in [0.717, 1.165) is 31.5 Å². The van der Waals surface area contributed by atoms with Crippen LogP contribution >= 0.6 is 11.7 Å². The van der Waals surface area contributed by atoms with E-state index >= 15 is 0 Å². The van der Waals surface area contributed by atoms with E-state index in [2.05, 4.69) is 45.5 Å². The molecule has 0 radical (unpaired) electrons. The molecule has 0 saturated heterocycles. The second-order valence-electron chi connectivity index (χ2n) is 4.95. The summed E-state index contributed by atoms with van der Waals surface area (Å²) in [6.07, 6.45) is 4.93. The van der Waals surface area contributed by atoms with E-state index in [9.17, 15) is 0 Å². The molecule has 108 valence electrons. The standard InChI is InChI=1S/C15H21N3OS/c1-4-5-6-7-10-19-15-14(16-20-17-15)13-9-8-12(2)18(3)11-13/h9,12H,4,7-8,10-11H2,1-3H3. The molecule has 1 unspecified atom stereocenters. The predicted octanol–water partition coefficient (Wildman–Crippen LogP) is 2.83. The van der Waals surface area contributed by atoms with Gasteiger partial charge in [0.2, 0.25) is 0 Å². The molecular formula is C15H21N3OS. The molecule has 20 heavy (non-hydrogen) atoms. The van der Waals surface area contributed by atoms with Gasteiger partial charge in [0.1, 0.15) is 12.3 Å². The number of nitrogens with zero attached hydrogens (tertiary/aromatic N) is 3. The first-order valence-corrected chi connectivity index (χ1v) is 7.76. The van der Waals surface area contributed by atoms with E-state index in [1.54, 1.807) is 0 Å². The molecule has 0 amide bonds. The highest BCUT2D eigenvalue weighted by atomic mass is 32.1. The summed E-state index contributed by atoms with van der Waals surface area (Å²) in [5.41, 5.74) is 2.12. The average Bonchev–Trinajstić information content (AvgIpc) is 2.90. The van der Waals surface area contributed by atoms with Gasteiger partial charge in [-0.15, -0.1) is 10.3 Å². The van der Waals surface area contributed by atoms with Crippen molar-refractivity contribution < 1.29 is 4.74 Å². The van der Waals surface area contributed by atoms with Crippen LogP contribution in [0.2, 0.25) is 0 Å². The lowest BCUT2D eigenvalue weighted by molar-refractivity contribution is 0.278. The molecule has 2 rings (SSSR count). The Morgan fingerprint density at radius 3 is 3.05 bits per heavy atom. The third-order valence-electron chi connectivity index (χ3n) is 3.41. The molecule has 0 spiro atoms. The fourth-order valence-electron chi connectivity index (χ4n) is 2.04. The van der Waals surface area contributed by atoms with E-state index in [4.69, 9.17) is 4.74 Å². The SMILES string of the molecule is CCC#CCCOc1nsnc1C1=CCC(C)N(C)C1. The predicted molar refractivity (Wildman–Crippen MR) is 82.8 cm³/mol. The summed E-state index contributed by atoms with van der Waals surface area (Å²) >= 11 is 1.21. The minimum atomic E-state index is 0.574. The van der Waals surface area contributed by atoms with Crippen molar-refractivity contribution in [2.75, 3.05) is 20.2 Å². The summed E-state index contributed by atoms with van der Waals surface area (Å²) in [5, 5.41) is 0. The van der Waals surface area contributed by atoms with Crippen LogP contribution in [0.25, 0.3) is 5.57 Å². The average molecular weight is 291 g/mol. The van der Waals surface area contributed by atoms with Gasteiger partial charge in [0.05, 0.1) is 11.7 Å². The first-order valence-electron chi connectivity index (χ1n) is 7.03. The van der Waals surface area contributed by atoms with Gasteiger partial charge in [-0.25, -0.2) is 0 Å². The van der Waals surface area contributed by atoms with Gasteiger partial charge in [0.25, 0.3) is 5.88 Å². The number of likely N-dealkylation sites (N-methyl/N-ethyl adjacent to an activating group) is 1. The van der Waals surface area contributed by atoms with Crippen LogP contribution in [0.5, 0.6) is 5.88 Å². The van der Waals surface area contributed by atoms with Crippen LogP contribution < -0.4 is 4.74 Å².